The third-order valence-electron chi connectivity index (χ3n) is 1.72. The molecule has 0 aliphatic carbocycles. The van der Waals surface area contributed by atoms with Gasteiger partial charge in [-0.15, -0.1) is 11.6 Å². The summed E-state index contributed by atoms with van der Waals surface area (Å²) >= 11 is 9.04. The molecule has 0 aromatic heterocycles. The van der Waals surface area contributed by atoms with Crippen LogP contribution in [0.4, 0.5) is 0 Å². The largest absolute Gasteiger partial charge is 0.496 e. The molecule has 1 aromatic carbocycles. The van der Waals surface area contributed by atoms with Crippen LogP contribution in [-0.2, 0) is 0 Å². The fourth-order valence-corrected chi connectivity index (χ4v) is 1.52. The van der Waals surface area contributed by atoms with Gasteiger partial charge >= 0.3 is 0 Å². The average molecular weight is 262 g/mol. The fraction of sp³-hybridized carbons (Fsp3) is 0.200. The van der Waals surface area contributed by atoms with E-state index in [-0.39, 0.29) is 0 Å². The summed E-state index contributed by atoms with van der Waals surface area (Å²) in [5, 5.41) is 0. The number of rotatable bonds is 3. The molecule has 0 unspecified atom stereocenters. The molecule has 0 aliphatic heterocycles. The van der Waals surface area contributed by atoms with Crippen LogP contribution in [0.3, 0.4) is 0 Å². The summed E-state index contributed by atoms with van der Waals surface area (Å²) in [7, 11) is 1.63. The van der Waals surface area contributed by atoms with Gasteiger partial charge in [0.1, 0.15) is 5.75 Å². The van der Waals surface area contributed by atoms with Crippen molar-refractivity contribution in [2.24, 2.45) is 0 Å². The van der Waals surface area contributed by atoms with E-state index in [2.05, 4.69) is 22.5 Å². The van der Waals surface area contributed by atoms with Crippen LogP contribution in [0.2, 0.25) is 0 Å². The van der Waals surface area contributed by atoms with Crippen LogP contribution in [0.5, 0.6) is 5.75 Å². The van der Waals surface area contributed by atoms with Gasteiger partial charge < -0.3 is 4.74 Å². The van der Waals surface area contributed by atoms with Gasteiger partial charge in [-0.2, -0.15) is 0 Å². The van der Waals surface area contributed by atoms with E-state index in [1.54, 1.807) is 7.11 Å². The number of alkyl halides is 1. The van der Waals surface area contributed by atoms with Crippen LogP contribution < -0.4 is 4.74 Å². The summed E-state index contributed by atoms with van der Waals surface area (Å²) in [4.78, 5) is 0. The number of hydrogen-bond donors (Lipinski definition) is 0. The third kappa shape index (κ3) is 2.48. The second kappa shape index (κ2) is 4.68. The number of benzene rings is 1. The molecule has 1 aromatic rings. The molecule has 0 heterocycles. The van der Waals surface area contributed by atoms with Gasteiger partial charge in [-0.05, 0) is 39.2 Å². The van der Waals surface area contributed by atoms with Gasteiger partial charge in [0.05, 0.1) is 11.6 Å². The summed E-state index contributed by atoms with van der Waals surface area (Å²) in [5.74, 6) is 1.23. The molecule has 1 rings (SSSR count). The highest BCUT2D eigenvalue weighted by atomic mass is 79.9. The van der Waals surface area contributed by atoms with E-state index in [4.69, 9.17) is 16.3 Å². The van der Waals surface area contributed by atoms with Gasteiger partial charge in [0, 0.05) is 5.88 Å². The monoisotopic (exact) mass is 260 g/mol. The predicted octanol–water partition coefficient (Wildman–Crippen LogP) is 3.71. The van der Waals surface area contributed by atoms with Gasteiger partial charge in [-0.3, -0.25) is 0 Å². The molecule has 0 aliphatic rings. The van der Waals surface area contributed by atoms with Crippen molar-refractivity contribution in [1.29, 1.82) is 0 Å². The molecular weight excluding hydrogens is 251 g/mol. The number of methoxy groups -OCH3 is 1. The van der Waals surface area contributed by atoms with Gasteiger partial charge in [0.25, 0.3) is 0 Å². The van der Waals surface area contributed by atoms with Crippen molar-refractivity contribution in [1.82, 2.24) is 0 Å². The van der Waals surface area contributed by atoms with Crippen molar-refractivity contribution in [3.05, 3.63) is 34.8 Å². The number of allylic oxidation sites excluding steroid dienone is 1. The van der Waals surface area contributed by atoms with E-state index in [0.717, 1.165) is 21.4 Å². The molecule has 3 heteroatoms. The van der Waals surface area contributed by atoms with Crippen LogP contribution in [-0.4, -0.2) is 13.0 Å². The first-order chi connectivity index (χ1) is 6.19. The first-order valence-corrected chi connectivity index (χ1v) is 5.09. The Labute approximate surface area is 91.5 Å². The van der Waals surface area contributed by atoms with Crippen LogP contribution in [0.1, 0.15) is 5.56 Å². The van der Waals surface area contributed by atoms with Crippen LogP contribution >= 0.6 is 27.5 Å². The Hall–Kier alpha value is -0.470. The van der Waals surface area contributed by atoms with Crippen molar-refractivity contribution in [3.8, 4) is 5.75 Å². The molecule has 0 bridgehead atoms. The maximum atomic E-state index is 5.67. The van der Waals surface area contributed by atoms with Crippen LogP contribution in [0, 0.1) is 0 Å². The Morgan fingerprint density at radius 3 is 2.85 bits per heavy atom. The molecule has 0 atom stereocenters. The van der Waals surface area contributed by atoms with Crippen molar-refractivity contribution < 1.29 is 4.74 Å². The van der Waals surface area contributed by atoms with E-state index in [9.17, 15) is 0 Å². The molecule has 0 spiro atoms. The fourth-order valence-electron chi connectivity index (χ4n) is 0.957. The highest BCUT2D eigenvalue weighted by Gasteiger charge is 2.03. The Bertz CT molecular complexity index is 323. The van der Waals surface area contributed by atoms with Gasteiger partial charge in [-0.1, -0.05) is 12.6 Å². The first-order valence-electron chi connectivity index (χ1n) is 3.76. The minimum atomic E-state index is 0.435. The normalized spacial score (nSPS) is 9.77. The quantitative estimate of drug-likeness (QED) is 0.754. The van der Waals surface area contributed by atoms with Crippen molar-refractivity contribution >= 4 is 33.1 Å². The maximum Gasteiger partial charge on any atom is 0.133 e. The Balaban J connectivity index is 3.06. The zero-order valence-corrected chi connectivity index (χ0v) is 9.65. The van der Waals surface area contributed by atoms with Crippen molar-refractivity contribution in [2.45, 2.75) is 0 Å². The summed E-state index contributed by atoms with van der Waals surface area (Å²) < 4.78 is 6.08. The predicted molar refractivity (Wildman–Crippen MR) is 60.4 cm³/mol. The summed E-state index contributed by atoms with van der Waals surface area (Å²) in [5.41, 5.74) is 1.91. The van der Waals surface area contributed by atoms with Gasteiger partial charge in [-0.25, -0.2) is 0 Å². The maximum absolute atomic E-state index is 5.67. The second-order valence-electron chi connectivity index (χ2n) is 2.59. The van der Waals surface area contributed by atoms with Crippen LogP contribution in [0.25, 0.3) is 5.57 Å². The number of hydrogen-bond acceptors (Lipinski definition) is 1. The molecule has 70 valence electrons. The highest BCUT2D eigenvalue weighted by Crippen LogP contribution is 2.28. The minimum absolute atomic E-state index is 0.435. The lowest BCUT2D eigenvalue weighted by molar-refractivity contribution is 0.412. The zero-order valence-electron chi connectivity index (χ0n) is 7.31. The standard InChI is InChI=1S/C10H10BrClO/c1-7(6-12)8-3-4-9(11)10(5-8)13-2/h3-5H,1,6H2,2H3. The van der Waals surface area contributed by atoms with E-state index in [1.165, 1.54) is 0 Å². The highest BCUT2D eigenvalue weighted by molar-refractivity contribution is 9.10. The Kier molecular flexibility index (Phi) is 3.82. The van der Waals surface area contributed by atoms with Crippen molar-refractivity contribution in [2.75, 3.05) is 13.0 Å². The Morgan fingerprint density at radius 1 is 1.62 bits per heavy atom. The summed E-state index contributed by atoms with van der Waals surface area (Å²) in [6.07, 6.45) is 0. The molecule has 0 N–H and O–H groups in total. The molecule has 0 fully saturated rings. The molecule has 0 amide bonds. The molecule has 0 radical (unpaired) electrons. The van der Waals surface area contributed by atoms with E-state index in [1.807, 2.05) is 18.2 Å². The summed E-state index contributed by atoms with van der Waals surface area (Å²) in [6, 6.07) is 5.79. The zero-order chi connectivity index (χ0) is 9.84. The Morgan fingerprint density at radius 2 is 2.31 bits per heavy atom. The topological polar surface area (TPSA) is 9.23 Å². The molecule has 0 saturated heterocycles. The van der Waals surface area contributed by atoms with E-state index >= 15 is 0 Å². The first kappa shape index (κ1) is 10.6. The van der Waals surface area contributed by atoms with Crippen molar-refractivity contribution in [3.63, 3.8) is 0 Å². The lowest BCUT2D eigenvalue weighted by Gasteiger charge is -2.06. The molecule has 0 saturated carbocycles. The average Bonchev–Trinajstić information content (AvgIpc) is 2.17. The SMILES string of the molecule is C=C(CCl)c1ccc(Br)c(OC)c1. The smallest absolute Gasteiger partial charge is 0.133 e. The van der Waals surface area contributed by atoms with Crippen LogP contribution in [0.15, 0.2) is 29.3 Å². The lowest BCUT2D eigenvalue weighted by Crippen LogP contribution is -1.88. The van der Waals surface area contributed by atoms with Gasteiger partial charge in [0.15, 0.2) is 0 Å². The third-order valence-corrected chi connectivity index (χ3v) is 2.70. The van der Waals surface area contributed by atoms with E-state index in [0.29, 0.717) is 5.88 Å². The minimum Gasteiger partial charge on any atom is -0.496 e. The molecule has 1 nitrogen and oxygen atoms in total. The molecule has 13 heavy (non-hydrogen) atoms. The molecular formula is C10H10BrClO. The number of ether oxygens (including phenoxy) is 1. The summed E-state index contributed by atoms with van der Waals surface area (Å²) in [6.45, 7) is 3.85. The van der Waals surface area contributed by atoms with Gasteiger partial charge in [0.2, 0.25) is 0 Å². The number of halogens is 2. The lowest BCUT2D eigenvalue weighted by atomic mass is 10.1. The van der Waals surface area contributed by atoms with E-state index < -0.39 is 0 Å². The second-order valence-corrected chi connectivity index (χ2v) is 3.71.